The molecule has 0 bridgehead atoms. The third-order valence-electron chi connectivity index (χ3n) is 3.23. The van der Waals surface area contributed by atoms with Crippen LogP contribution < -0.4 is 5.32 Å². The Morgan fingerprint density at radius 3 is 2.55 bits per heavy atom. The van der Waals surface area contributed by atoms with Crippen LogP contribution in [0.4, 0.5) is 5.69 Å². The Morgan fingerprint density at radius 1 is 1.15 bits per heavy atom. The van der Waals surface area contributed by atoms with E-state index in [2.05, 4.69) is 41.2 Å². The molecule has 0 fully saturated rings. The summed E-state index contributed by atoms with van der Waals surface area (Å²) in [4.78, 5) is 12.2. The van der Waals surface area contributed by atoms with E-state index in [1.165, 1.54) is 5.56 Å². The topological polar surface area (TPSA) is 29.1 Å². The van der Waals surface area contributed by atoms with Crippen LogP contribution in [0, 0.1) is 6.92 Å². The third kappa shape index (κ3) is 3.48. The van der Waals surface area contributed by atoms with Crippen LogP contribution in [0.3, 0.4) is 0 Å². The Bertz CT molecular complexity index is 635. The average Bonchev–Trinajstić information content (AvgIpc) is 2.42. The number of carbonyl (C=O) groups excluding carboxylic acids is 1. The van der Waals surface area contributed by atoms with Crippen LogP contribution in [-0.2, 0) is 0 Å². The summed E-state index contributed by atoms with van der Waals surface area (Å²) in [5.41, 5.74) is 3.77. The molecular formula is C17H18BrNO. The summed E-state index contributed by atoms with van der Waals surface area (Å²) in [5.74, 6) is 0.364. The fourth-order valence-electron chi connectivity index (χ4n) is 1.96. The van der Waals surface area contributed by atoms with E-state index in [-0.39, 0.29) is 5.91 Å². The molecule has 0 saturated heterocycles. The summed E-state index contributed by atoms with van der Waals surface area (Å²) < 4.78 is 1.01. The summed E-state index contributed by atoms with van der Waals surface area (Å²) in [6.45, 7) is 6.25. The second-order valence-corrected chi connectivity index (χ2v) is 6.05. The van der Waals surface area contributed by atoms with Gasteiger partial charge in [-0.1, -0.05) is 41.9 Å². The fourth-order valence-corrected chi connectivity index (χ4v) is 2.21. The number of nitrogens with one attached hydrogen (secondary N) is 1. The van der Waals surface area contributed by atoms with Crippen LogP contribution in [0.15, 0.2) is 46.9 Å². The fraction of sp³-hybridized carbons (Fsp3) is 0.235. The molecule has 2 rings (SSSR count). The number of carbonyl (C=O) groups is 1. The second kappa shape index (κ2) is 6.23. The van der Waals surface area contributed by atoms with Crippen molar-refractivity contribution in [3.8, 4) is 0 Å². The first-order valence-electron chi connectivity index (χ1n) is 6.65. The zero-order valence-corrected chi connectivity index (χ0v) is 13.5. The van der Waals surface area contributed by atoms with Crippen molar-refractivity contribution in [3.63, 3.8) is 0 Å². The molecule has 2 aromatic rings. The molecule has 2 nitrogen and oxygen atoms in total. The predicted octanol–water partition coefficient (Wildman–Crippen LogP) is 5.13. The van der Waals surface area contributed by atoms with E-state index in [0.717, 1.165) is 15.7 Å². The molecule has 20 heavy (non-hydrogen) atoms. The van der Waals surface area contributed by atoms with E-state index in [1.807, 2.05) is 43.3 Å². The Labute approximate surface area is 128 Å². The van der Waals surface area contributed by atoms with Gasteiger partial charge < -0.3 is 5.32 Å². The molecule has 0 radical (unpaired) electrons. The molecule has 0 aliphatic heterocycles. The normalized spacial score (nSPS) is 10.7. The Hall–Kier alpha value is -1.61. The highest BCUT2D eigenvalue weighted by Gasteiger charge is 2.08. The summed E-state index contributed by atoms with van der Waals surface area (Å²) in [6.07, 6.45) is 0. The summed E-state index contributed by atoms with van der Waals surface area (Å²) in [7, 11) is 0. The molecular weight excluding hydrogens is 314 g/mol. The first kappa shape index (κ1) is 14.8. The lowest BCUT2D eigenvalue weighted by Crippen LogP contribution is -2.12. The first-order chi connectivity index (χ1) is 9.47. The molecule has 1 amide bonds. The van der Waals surface area contributed by atoms with Gasteiger partial charge in [0.25, 0.3) is 5.91 Å². The highest BCUT2D eigenvalue weighted by Crippen LogP contribution is 2.20. The number of rotatable bonds is 3. The van der Waals surface area contributed by atoms with Gasteiger partial charge >= 0.3 is 0 Å². The molecule has 0 spiro atoms. The van der Waals surface area contributed by atoms with E-state index < -0.39 is 0 Å². The highest BCUT2D eigenvalue weighted by atomic mass is 79.9. The number of benzene rings is 2. The maximum Gasteiger partial charge on any atom is 0.255 e. The molecule has 0 saturated carbocycles. The van der Waals surface area contributed by atoms with E-state index >= 15 is 0 Å². The number of hydrogen-bond acceptors (Lipinski definition) is 1. The van der Waals surface area contributed by atoms with Crippen molar-refractivity contribution in [1.29, 1.82) is 0 Å². The Morgan fingerprint density at radius 2 is 1.90 bits per heavy atom. The van der Waals surface area contributed by atoms with E-state index in [9.17, 15) is 4.79 Å². The van der Waals surface area contributed by atoms with Crippen LogP contribution in [0.1, 0.15) is 41.3 Å². The highest BCUT2D eigenvalue weighted by molar-refractivity contribution is 9.10. The van der Waals surface area contributed by atoms with Gasteiger partial charge in [0, 0.05) is 15.7 Å². The first-order valence-corrected chi connectivity index (χ1v) is 7.44. The Kier molecular flexibility index (Phi) is 4.61. The minimum Gasteiger partial charge on any atom is -0.322 e. The minimum absolute atomic E-state index is 0.0819. The quantitative estimate of drug-likeness (QED) is 0.829. The van der Waals surface area contributed by atoms with Crippen LogP contribution in [0.5, 0.6) is 0 Å². The van der Waals surface area contributed by atoms with Crippen molar-refractivity contribution in [1.82, 2.24) is 0 Å². The zero-order chi connectivity index (χ0) is 14.7. The van der Waals surface area contributed by atoms with Gasteiger partial charge in [-0.05, 0) is 54.3 Å². The molecule has 0 atom stereocenters. The molecule has 2 aromatic carbocycles. The molecule has 0 aliphatic carbocycles. The van der Waals surface area contributed by atoms with Gasteiger partial charge in [-0.15, -0.1) is 0 Å². The van der Waals surface area contributed by atoms with Crippen LogP contribution in [0.25, 0.3) is 0 Å². The zero-order valence-electron chi connectivity index (χ0n) is 11.9. The predicted molar refractivity (Wildman–Crippen MR) is 87.4 cm³/mol. The van der Waals surface area contributed by atoms with Crippen molar-refractivity contribution in [3.05, 3.63) is 63.6 Å². The standard InChI is InChI=1S/C17H18BrNO/c1-11(2)13-5-4-6-15(10-13)19-17(20)14-7-8-16(18)12(3)9-14/h4-11H,1-3H3,(H,19,20). The molecule has 0 heterocycles. The molecule has 104 valence electrons. The van der Waals surface area contributed by atoms with Crippen LogP contribution in [0.2, 0.25) is 0 Å². The lowest BCUT2D eigenvalue weighted by molar-refractivity contribution is 0.102. The summed E-state index contributed by atoms with van der Waals surface area (Å²) >= 11 is 3.44. The van der Waals surface area contributed by atoms with E-state index in [0.29, 0.717) is 11.5 Å². The molecule has 1 N–H and O–H groups in total. The second-order valence-electron chi connectivity index (χ2n) is 5.20. The summed E-state index contributed by atoms with van der Waals surface area (Å²) in [5, 5.41) is 2.95. The van der Waals surface area contributed by atoms with Crippen molar-refractivity contribution in [2.24, 2.45) is 0 Å². The maximum atomic E-state index is 12.2. The van der Waals surface area contributed by atoms with Crippen molar-refractivity contribution >= 4 is 27.5 Å². The molecule has 3 heteroatoms. The monoisotopic (exact) mass is 331 g/mol. The van der Waals surface area contributed by atoms with Crippen LogP contribution >= 0.6 is 15.9 Å². The average molecular weight is 332 g/mol. The Balaban J connectivity index is 2.19. The van der Waals surface area contributed by atoms with Crippen LogP contribution in [-0.4, -0.2) is 5.91 Å². The lowest BCUT2D eigenvalue weighted by atomic mass is 10.0. The van der Waals surface area contributed by atoms with Crippen molar-refractivity contribution < 1.29 is 4.79 Å². The van der Waals surface area contributed by atoms with Crippen molar-refractivity contribution in [2.75, 3.05) is 5.32 Å². The number of aryl methyl sites for hydroxylation is 1. The molecule has 0 aliphatic rings. The molecule has 0 aromatic heterocycles. The number of halogens is 1. The largest absolute Gasteiger partial charge is 0.322 e. The lowest BCUT2D eigenvalue weighted by Gasteiger charge is -2.10. The van der Waals surface area contributed by atoms with Gasteiger partial charge in [-0.3, -0.25) is 4.79 Å². The minimum atomic E-state index is -0.0819. The molecule has 0 unspecified atom stereocenters. The van der Waals surface area contributed by atoms with Crippen molar-refractivity contribution in [2.45, 2.75) is 26.7 Å². The van der Waals surface area contributed by atoms with Gasteiger partial charge in [0.05, 0.1) is 0 Å². The van der Waals surface area contributed by atoms with E-state index in [1.54, 1.807) is 0 Å². The third-order valence-corrected chi connectivity index (χ3v) is 4.12. The van der Waals surface area contributed by atoms with Gasteiger partial charge in [0.2, 0.25) is 0 Å². The number of anilines is 1. The summed E-state index contributed by atoms with van der Waals surface area (Å²) in [6, 6.07) is 13.6. The maximum absolute atomic E-state index is 12.2. The number of amides is 1. The van der Waals surface area contributed by atoms with E-state index in [4.69, 9.17) is 0 Å². The van der Waals surface area contributed by atoms with Gasteiger partial charge in [0.15, 0.2) is 0 Å². The smallest absolute Gasteiger partial charge is 0.255 e. The number of hydrogen-bond donors (Lipinski definition) is 1. The van der Waals surface area contributed by atoms with Gasteiger partial charge in [-0.25, -0.2) is 0 Å². The SMILES string of the molecule is Cc1cc(C(=O)Nc2cccc(C(C)C)c2)ccc1Br. The van der Waals surface area contributed by atoms with Gasteiger partial charge in [0.1, 0.15) is 0 Å². The van der Waals surface area contributed by atoms with Gasteiger partial charge in [-0.2, -0.15) is 0 Å².